The highest BCUT2D eigenvalue weighted by Crippen LogP contribution is 2.34. The standard InChI is InChI=1S/C22H16BrClF3NO2/c23-17-12-15(6-9-20(17)30-11-10-14-4-2-1-3-5-14)21(29)28-19-13-16(22(25,26)27)7-8-18(19)24/h1-9,12-13H,10-11H2,(H,28,29). The van der Waals surface area contributed by atoms with E-state index < -0.39 is 17.6 Å². The number of benzene rings is 3. The molecule has 0 atom stereocenters. The first kappa shape index (κ1) is 22.2. The lowest BCUT2D eigenvalue weighted by atomic mass is 10.1. The van der Waals surface area contributed by atoms with E-state index in [1.54, 1.807) is 6.07 Å². The number of carbonyl (C=O) groups is 1. The number of halogens is 5. The van der Waals surface area contributed by atoms with Crippen LogP contribution in [-0.2, 0) is 12.6 Å². The molecule has 0 saturated heterocycles. The van der Waals surface area contributed by atoms with Crippen molar-refractivity contribution in [1.82, 2.24) is 0 Å². The van der Waals surface area contributed by atoms with Gasteiger partial charge in [-0.15, -0.1) is 0 Å². The maximum absolute atomic E-state index is 12.9. The maximum Gasteiger partial charge on any atom is 0.416 e. The first-order valence-electron chi connectivity index (χ1n) is 8.88. The number of amides is 1. The highest BCUT2D eigenvalue weighted by Gasteiger charge is 2.31. The number of ether oxygens (including phenoxy) is 1. The summed E-state index contributed by atoms with van der Waals surface area (Å²) in [6, 6.07) is 17.3. The Morgan fingerprint density at radius 3 is 2.43 bits per heavy atom. The lowest BCUT2D eigenvalue weighted by molar-refractivity contribution is -0.137. The molecule has 0 radical (unpaired) electrons. The molecule has 0 heterocycles. The van der Waals surface area contributed by atoms with Crippen LogP contribution in [0.2, 0.25) is 5.02 Å². The lowest BCUT2D eigenvalue weighted by Gasteiger charge is -2.13. The van der Waals surface area contributed by atoms with Gasteiger partial charge in [-0.2, -0.15) is 13.2 Å². The van der Waals surface area contributed by atoms with Gasteiger partial charge in [-0.3, -0.25) is 4.79 Å². The van der Waals surface area contributed by atoms with Crippen molar-refractivity contribution in [3.05, 3.63) is 92.9 Å². The van der Waals surface area contributed by atoms with E-state index in [2.05, 4.69) is 21.2 Å². The summed E-state index contributed by atoms with van der Waals surface area (Å²) in [6.07, 6.45) is -3.81. The molecule has 0 aliphatic heterocycles. The predicted molar refractivity (Wildman–Crippen MR) is 114 cm³/mol. The van der Waals surface area contributed by atoms with Gasteiger partial charge in [0.1, 0.15) is 5.75 Å². The van der Waals surface area contributed by atoms with Crippen molar-refractivity contribution < 1.29 is 22.7 Å². The number of anilines is 1. The van der Waals surface area contributed by atoms with Crippen molar-refractivity contribution in [2.24, 2.45) is 0 Å². The molecule has 1 amide bonds. The van der Waals surface area contributed by atoms with Gasteiger partial charge in [0.2, 0.25) is 0 Å². The fraction of sp³-hybridized carbons (Fsp3) is 0.136. The number of nitrogens with one attached hydrogen (secondary N) is 1. The molecule has 3 rings (SSSR count). The molecular formula is C22H16BrClF3NO2. The van der Waals surface area contributed by atoms with Gasteiger partial charge < -0.3 is 10.1 Å². The molecule has 0 fully saturated rings. The van der Waals surface area contributed by atoms with Gasteiger partial charge in [0.25, 0.3) is 5.91 Å². The monoisotopic (exact) mass is 497 g/mol. The highest BCUT2D eigenvalue weighted by molar-refractivity contribution is 9.10. The summed E-state index contributed by atoms with van der Waals surface area (Å²) >= 11 is 9.29. The average molecular weight is 499 g/mol. The van der Waals surface area contributed by atoms with Crippen molar-refractivity contribution in [2.45, 2.75) is 12.6 Å². The summed E-state index contributed by atoms with van der Waals surface area (Å²) < 4.78 is 45.0. The Balaban J connectivity index is 1.66. The van der Waals surface area contributed by atoms with Crippen LogP contribution < -0.4 is 10.1 Å². The van der Waals surface area contributed by atoms with E-state index in [1.807, 2.05) is 30.3 Å². The third kappa shape index (κ3) is 5.77. The fourth-order valence-electron chi connectivity index (χ4n) is 2.67. The summed E-state index contributed by atoms with van der Waals surface area (Å²) in [5.74, 6) is -0.0349. The van der Waals surface area contributed by atoms with Gasteiger partial charge in [-0.1, -0.05) is 41.9 Å². The Labute approximate surface area is 184 Å². The zero-order chi connectivity index (χ0) is 21.7. The quantitative estimate of drug-likeness (QED) is 0.398. The van der Waals surface area contributed by atoms with Crippen molar-refractivity contribution in [3.63, 3.8) is 0 Å². The number of carbonyl (C=O) groups excluding carboxylic acids is 1. The maximum atomic E-state index is 12.9. The van der Waals surface area contributed by atoms with Crippen LogP contribution in [0.1, 0.15) is 21.5 Å². The minimum atomic E-state index is -4.54. The molecule has 0 unspecified atom stereocenters. The third-order valence-corrected chi connectivity index (χ3v) is 5.18. The van der Waals surface area contributed by atoms with E-state index in [4.69, 9.17) is 16.3 Å². The zero-order valence-electron chi connectivity index (χ0n) is 15.5. The Hall–Kier alpha value is -2.51. The number of hydrogen-bond donors (Lipinski definition) is 1. The summed E-state index contributed by atoms with van der Waals surface area (Å²) in [7, 11) is 0. The largest absolute Gasteiger partial charge is 0.492 e. The van der Waals surface area contributed by atoms with Crippen LogP contribution in [0.25, 0.3) is 0 Å². The molecule has 8 heteroatoms. The van der Waals surface area contributed by atoms with E-state index in [0.29, 0.717) is 16.8 Å². The van der Waals surface area contributed by atoms with Crippen LogP contribution in [-0.4, -0.2) is 12.5 Å². The molecule has 0 aromatic heterocycles. The van der Waals surface area contributed by atoms with Gasteiger partial charge in [-0.05, 0) is 57.9 Å². The SMILES string of the molecule is O=C(Nc1cc(C(F)(F)F)ccc1Cl)c1ccc(OCCc2ccccc2)c(Br)c1. The molecule has 0 aliphatic carbocycles. The van der Waals surface area contributed by atoms with E-state index in [9.17, 15) is 18.0 Å². The van der Waals surface area contributed by atoms with Crippen LogP contribution >= 0.6 is 27.5 Å². The third-order valence-electron chi connectivity index (χ3n) is 4.23. The van der Waals surface area contributed by atoms with Gasteiger partial charge in [0.15, 0.2) is 0 Å². The smallest absolute Gasteiger partial charge is 0.416 e. The number of rotatable bonds is 6. The van der Waals surface area contributed by atoms with E-state index in [1.165, 1.54) is 12.1 Å². The van der Waals surface area contributed by atoms with Crippen LogP contribution in [0.3, 0.4) is 0 Å². The molecule has 3 aromatic carbocycles. The molecule has 0 spiro atoms. The fourth-order valence-corrected chi connectivity index (χ4v) is 3.33. The Morgan fingerprint density at radius 1 is 1.03 bits per heavy atom. The molecular weight excluding hydrogens is 483 g/mol. The van der Waals surface area contributed by atoms with E-state index in [-0.39, 0.29) is 16.3 Å². The summed E-state index contributed by atoms with van der Waals surface area (Å²) in [5.41, 5.74) is 0.370. The normalized spacial score (nSPS) is 11.2. The van der Waals surface area contributed by atoms with Crippen molar-refractivity contribution in [3.8, 4) is 5.75 Å². The summed E-state index contributed by atoms with van der Waals surface area (Å²) in [6.45, 7) is 0.452. The van der Waals surface area contributed by atoms with Crippen LogP contribution in [0.5, 0.6) is 5.75 Å². The molecule has 0 saturated carbocycles. The first-order chi connectivity index (χ1) is 14.2. The minimum Gasteiger partial charge on any atom is -0.492 e. The Bertz CT molecular complexity index is 1040. The molecule has 0 aliphatic rings. The minimum absolute atomic E-state index is 0.0104. The van der Waals surface area contributed by atoms with Crippen LogP contribution in [0, 0.1) is 0 Å². The van der Waals surface area contributed by atoms with Gasteiger partial charge in [0.05, 0.1) is 27.4 Å². The van der Waals surface area contributed by atoms with Gasteiger partial charge >= 0.3 is 6.18 Å². The van der Waals surface area contributed by atoms with E-state index in [0.717, 1.165) is 30.2 Å². The second kappa shape index (κ2) is 9.53. The van der Waals surface area contributed by atoms with E-state index >= 15 is 0 Å². The van der Waals surface area contributed by atoms with Crippen molar-refractivity contribution >= 4 is 39.1 Å². The number of hydrogen-bond acceptors (Lipinski definition) is 2. The van der Waals surface area contributed by atoms with Gasteiger partial charge in [-0.25, -0.2) is 0 Å². The number of alkyl halides is 3. The molecule has 3 aromatic rings. The molecule has 30 heavy (non-hydrogen) atoms. The average Bonchev–Trinajstić information content (AvgIpc) is 2.70. The summed E-state index contributed by atoms with van der Waals surface area (Å²) in [5, 5.41) is 2.43. The predicted octanol–water partition coefficient (Wildman–Crippen LogP) is 7.00. The molecule has 1 N–H and O–H groups in total. The zero-order valence-corrected chi connectivity index (χ0v) is 17.8. The molecule has 3 nitrogen and oxygen atoms in total. The van der Waals surface area contributed by atoms with Crippen LogP contribution in [0.4, 0.5) is 18.9 Å². The lowest BCUT2D eigenvalue weighted by Crippen LogP contribution is -2.14. The first-order valence-corrected chi connectivity index (χ1v) is 10.1. The molecule has 156 valence electrons. The van der Waals surface area contributed by atoms with Crippen molar-refractivity contribution in [2.75, 3.05) is 11.9 Å². The molecule has 0 bridgehead atoms. The van der Waals surface area contributed by atoms with Gasteiger partial charge in [0, 0.05) is 12.0 Å². The Morgan fingerprint density at radius 2 is 1.77 bits per heavy atom. The van der Waals surface area contributed by atoms with Crippen molar-refractivity contribution in [1.29, 1.82) is 0 Å². The second-order valence-electron chi connectivity index (χ2n) is 6.38. The van der Waals surface area contributed by atoms with Crippen LogP contribution in [0.15, 0.2) is 71.2 Å². The summed E-state index contributed by atoms with van der Waals surface area (Å²) in [4.78, 5) is 12.5. The highest BCUT2D eigenvalue weighted by atomic mass is 79.9. The topological polar surface area (TPSA) is 38.3 Å². The Kier molecular flexibility index (Phi) is 7.05. The second-order valence-corrected chi connectivity index (χ2v) is 7.64.